The smallest absolute Gasteiger partial charge is 0.223 e. The standard InChI is InChI=1S/C20H31N3O/c1-4-7-10-15-23-18-12-9-8-11-17(18)22-19(23)13-14-21-20(24)16(5-2)6-3/h8-9,11-12,16H,4-7,10,13-15H2,1-3H3,(H,21,24). The summed E-state index contributed by atoms with van der Waals surface area (Å²) in [7, 11) is 0. The monoisotopic (exact) mass is 329 g/mol. The van der Waals surface area contributed by atoms with E-state index in [-0.39, 0.29) is 11.8 Å². The molecule has 24 heavy (non-hydrogen) atoms. The van der Waals surface area contributed by atoms with E-state index >= 15 is 0 Å². The zero-order valence-corrected chi connectivity index (χ0v) is 15.3. The number of hydrogen-bond donors (Lipinski definition) is 1. The summed E-state index contributed by atoms with van der Waals surface area (Å²) >= 11 is 0. The van der Waals surface area contributed by atoms with Gasteiger partial charge in [0.15, 0.2) is 0 Å². The Morgan fingerprint density at radius 1 is 1.17 bits per heavy atom. The first kappa shape index (κ1) is 18.5. The molecule has 4 nitrogen and oxygen atoms in total. The van der Waals surface area contributed by atoms with Crippen LogP contribution in [0.3, 0.4) is 0 Å². The van der Waals surface area contributed by atoms with Gasteiger partial charge in [0.25, 0.3) is 0 Å². The van der Waals surface area contributed by atoms with Crippen LogP contribution >= 0.6 is 0 Å². The lowest BCUT2D eigenvalue weighted by Gasteiger charge is -2.13. The summed E-state index contributed by atoms with van der Waals surface area (Å²) < 4.78 is 2.33. The molecule has 1 aromatic carbocycles. The summed E-state index contributed by atoms with van der Waals surface area (Å²) in [6, 6.07) is 8.31. The molecule has 1 heterocycles. The second kappa shape index (κ2) is 9.45. The molecule has 0 saturated carbocycles. The number of nitrogens with zero attached hydrogens (tertiary/aromatic N) is 2. The van der Waals surface area contributed by atoms with E-state index in [0.29, 0.717) is 6.54 Å². The van der Waals surface area contributed by atoms with Gasteiger partial charge in [-0.15, -0.1) is 0 Å². The van der Waals surface area contributed by atoms with Crippen molar-refractivity contribution in [2.45, 2.75) is 65.8 Å². The zero-order chi connectivity index (χ0) is 17.4. The third-order valence-corrected chi connectivity index (χ3v) is 4.72. The lowest BCUT2D eigenvalue weighted by atomic mass is 10.0. The number of aryl methyl sites for hydroxylation is 1. The number of fused-ring (bicyclic) bond motifs is 1. The zero-order valence-electron chi connectivity index (χ0n) is 15.3. The van der Waals surface area contributed by atoms with Crippen LogP contribution in [0, 0.1) is 5.92 Å². The van der Waals surface area contributed by atoms with Gasteiger partial charge < -0.3 is 9.88 Å². The fourth-order valence-corrected chi connectivity index (χ4v) is 3.19. The number of nitrogens with one attached hydrogen (secondary N) is 1. The maximum absolute atomic E-state index is 12.1. The van der Waals surface area contributed by atoms with Crippen LogP contribution in [0.1, 0.15) is 58.7 Å². The lowest BCUT2D eigenvalue weighted by Crippen LogP contribution is -2.32. The summed E-state index contributed by atoms with van der Waals surface area (Å²) in [4.78, 5) is 16.9. The Balaban J connectivity index is 2.04. The Kier molecular flexibility index (Phi) is 7.29. The number of unbranched alkanes of at least 4 members (excludes halogenated alkanes) is 2. The Hall–Kier alpha value is -1.84. The number of rotatable bonds is 10. The number of carbonyl (C=O) groups is 1. The van der Waals surface area contributed by atoms with Crippen molar-refractivity contribution in [1.29, 1.82) is 0 Å². The summed E-state index contributed by atoms with van der Waals surface area (Å²) in [6.45, 7) is 8.03. The third kappa shape index (κ3) is 4.59. The molecule has 2 rings (SSSR count). The van der Waals surface area contributed by atoms with Crippen LogP contribution in [-0.2, 0) is 17.8 Å². The quantitative estimate of drug-likeness (QED) is 0.660. The Morgan fingerprint density at radius 3 is 2.62 bits per heavy atom. The molecule has 0 radical (unpaired) electrons. The Labute approximate surface area is 145 Å². The molecule has 0 aliphatic heterocycles. The molecule has 0 fully saturated rings. The van der Waals surface area contributed by atoms with E-state index in [2.05, 4.69) is 48.9 Å². The molecule has 0 saturated heterocycles. The van der Waals surface area contributed by atoms with Crippen molar-refractivity contribution in [2.24, 2.45) is 5.92 Å². The van der Waals surface area contributed by atoms with E-state index in [1.165, 1.54) is 24.8 Å². The maximum Gasteiger partial charge on any atom is 0.223 e. The van der Waals surface area contributed by atoms with Gasteiger partial charge in [0.1, 0.15) is 5.82 Å². The van der Waals surface area contributed by atoms with Crippen LogP contribution < -0.4 is 5.32 Å². The van der Waals surface area contributed by atoms with Gasteiger partial charge in [0.2, 0.25) is 5.91 Å². The Morgan fingerprint density at radius 2 is 1.92 bits per heavy atom. The van der Waals surface area contributed by atoms with Crippen LogP contribution in [0.4, 0.5) is 0 Å². The highest BCUT2D eigenvalue weighted by Gasteiger charge is 2.14. The molecule has 0 aliphatic carbocycles. The van der Waals surface area contributed by atoms with E-state index in [1.807, 2.05) is 6.07 Å². The fraction of sp³-hybridized carbons (Fsp3) is 0.600. The van der Waals surface area contributed by atoms with Gasteiger partial charge >= 0.3 is 0 Å². The van der Waals surface area contributed by atoms with E-state index < -0.39 is 0 Å². The van der Waals surface area contributed by atoms with Crippen LogP contribution in [0.2, 0.25) is 0 Å². The summed E-state index contributed by atoms with van der Waals surface area (Å²) in [5.74, 6) is 1.39. The average molecular weight is 329 g/mol. The van der Waals surface area contributed by atoms with Crippen LogP contribution in [0.25, 0.3) is 11.0 Å². The molecule has 1 amide bonds. The molecule has 132 valence electrons. The van der Waals surface area contributed by atoms with E-state index in [1.54, 1.807) is 0 Å². The number of carbonyl (C=O) groups excluding carboxylic acids is 1. The lowest BCUT2D eigenvalue weighted by molar-refractivity contribution is -0.125. The number of imidazole rings is 1. The summed E-state index contributed by atoms with van der Waals surface area (Å²) in [6.07, 6.45) is 6.21. The van der Waals surface area contributed by atoms with Crippen molar-refractivity contribution >= 4 is 16.9 Å². The minimum absolute atomic E-state index is 0.133. The highest BCUT2D eigenvalue weighted by atomic mass is 16.1. The second-order valence-electron chi connectivity index (χ2n) is 6.43. The van der Waals surface area contributed by atoms with Gasteiger partial charge in [-0.3, -0.25) is 4.79 Å². The van der Waals surface area contributed by atoms with Gasteiger partial charge in [-0.05, 0) is 31.4 Å². The number of benzene rings is 1. The largest absolute Gasteiger partial charge is 0.355 e. The molecular weight excluding hydrogens is 298 g/mol. The van der Waals surface area contributed by atoms with Crippen molar-refractivity contribution in [1.82, 2.24) is 14.9 Å². The molecule has 0 atom stereocenters. The molecule has 0 aliphatic rings. The first-order valence-electron chi connectivity index (χ1n) is 9.43. The average Bonchev–Trinajstić information content (AvgIpc) is 2.94. The highest BCUT2D eigenvalue weighted by molar-refractivity contribution is 5.78. The maximum atomic E-state index is 12.1. The number of amides is 1. The SMILES string of the molecule is CCCCCn1c(CCNC(=O)C(CC)CC)nc2ccccc21. The molecule has 1 N–H and O–H groups in total. The number of hydrogen-bond acceptors (Lipinski definition) is 2. The van der Waals surface area contributed by atoms with Gasteiger partial charge in [-0.2, -0.15) is 0 Å². The Bertz CT molecular complexity index is 643. The van der Waals surface area contributed by atoms with Crippen LogP contribution in [0.15, 0.2) is 24.3 Å². The van der Waals surface area contributed by atoms with Gasteiger partial charge in [-0.25, -0.2) is 4.98 Å². The van der Waals surface area contributed by atoms with Crippen molar-refractivity contribution in [3.05, 3.63) is 30.1 Å². The van der Waals surface area contributed by atoms with Crippen LogP contribution in [-0.4, -0.2) is 22.0 Å². The van der Waals surface area contributed by atoms with E-state index in [0.717, 1.165) is 37.1 Å². The molecular formula is C20H31N3O. The molecule has 2 aromatic rings. The van der Waals surface area contributed by atoms with Crippen molar-refractivity contribution in [3.8, 4) is 0 Å². The number of para-hydroxylation sites is 2. The normalized spacial score (nSPS) is 11.3. The van der Waals surface area contributed by atoms with Crippen molar-refractivity contribution in [2.75, 3.05) is 6.54 Å². The minimum atomic E-state index is 0.133. The summed E-state index contributed by atoms with van der Waals surface area (Å²) in [5.41, 5.74) is 2.25. The van der Waals surface area contributed by atoms with Gasteiger partial charge in [0, 0.05) is 25.4 Å². The molecule has 0 unspecified atom stereocenters. The first-order valence-corrected chi connectivity index (χ1v) is 9.43. The highest BCUT2D eigenvalue weighted by Crippen LogP contribution is 2.17. The predicted octanol–water partition coefficient (Wildman–Crippen LogP) is 4.32. The molecule has 0 bridgehead atoms. The number of aromatic nitrogens is 2. The van der Waals surface area contributed by atoms with E-state index in [4.69, 9.17) is 4.98 Å². The van der Waals surface area contributed by atoms with Crippen LogP contribution in [0.5, 0.6) is 0 Å². The molecule has 4 heteroatoms. The van der Waals surface area contributed by atoms with Crippen molar-refractivity contribution in [3.63, 3.8) is 0 Å². The second-order valence-corrected chi connectivity index (χ2v) is 6.43. The van der Waals surface area contributed by atoms with Gasteiger partial charge in [-0.1, -0.05) is 45.7 Å². The molecule has 0 spiro atoms. The minimum Gasteiger partial charge on any atom is -0.355 e. The van der Waals surface area contributed by atoms with E-state index in [9.17, 15) is 4.79 Å². The van der Waals surface area contributed by atoms with Crippen molar-refractivity contribution < 1.29 is 4.79 Å². The predicted molar refractivity (Wildman–Crippen MR) is 100 cm³/mol. The first-order chi connectivity index (χ1) is 11.7. The fourth-order valence-electron chi connectivity index (χ4n) is 3.19. The molecule has 1 aromatic heterocycles. The summed E-state index contributed by atoms with van der Waals surface area (Å²) in [5, 5.41) is 3.08. The van der Waals surface area contributed by atoms with Gasteiger partial charge in [0.05, 0.1) is 11.0 Å². The topological polar surface area (TPSA) is 46.9 Å². The third-order valence-electron chi connectivity index (χ3n) is 4.72.